The van der Waals surface area contributed by atoms with Gasteiger partial charge in [0.1, 0.15) is 18.0 Å². The molecule has 4 atom stereocenters. The zero-order valence-corrected chi connectivity index (χ0v) is 18.2. The van der Waals surface area contributed by atoms with E-state index in [0.717, 1.165) is 28.2 Å². The van der Waals surface area contributed by atoms with Gasteiger partial charge in [-0.1, -0.05) is 0 Å². The number of anilines is 1. The second-order valence-electron chi connectivity index (χ2n) is 8.44. The molecule has 166 valence electrons. The average Bonchev–Trinajstić information content (AvgIpc) is 2.98. The second-order valence-corrected chi connectivity index (χ2v) is 10.4. The summed E-state index contributed by atoms with van der Waals surface area (Å²) in [5.74, 6) is 0.269. The predicted molar refractivity (Wildman–Crippen MR) is 112 cm³/mol. The molecule has 1 N–H and O–H groups in total. The maximum absolute atomic E-state index is 14.8. The Balaban J connectivity index is 1.57. The van der Waals surface area contributed by atoms with Crippen molar-refractivity contribution in [2.45, 2.75) is 44.2 Å². The topological polar surface area (TPSA) is 83.4 Å². The quantitative estimate of drug-likeness (QED) is 0.777. The highest BCUT2D eigenvalue weighted by Gasteiger charge is 2.34. The Kier molecular flexibility index (Phi) is 5.71. The molecule has 30 heavy (non-hydrogen) atoms. The smallest absolute Gasteiger partial charge is 0.224 e. The van der Waals surface area contributed by atoms with Gasteiger partial charge in [-0.3, -0.25) is 0 Å². The van der Waals surface area contributed by atoms with Crippen LogP contribution in [0.4, 0.5) is 14.7 Å². The van der Waals surface area contributed by atoms with E-state index in [1.807, 2.05) is 29.5 Å². The number of likely N-dealkylation sites (tertiary alicyclic amines) is 1. The molecule has 0 saturated carbocycles. The number of aromatic nitrogens is 3. The minimum atomic E-state index is -3.42. The summed E-state index contributed by atoms with van der Waals surface area (Å²) >= 11 is 0. The van der Waals surface area contributed by atoms with E-state index in [2.05, 4.69) is 15.3 Å². The molecule has 0 aromatic carbocycles. The summed E-state index contributed by atoms with van der Waals surface area (Å²) < 4.78 is 55.8. The highest BCUT2D eigenvalue weighted by molar-refractivity contribution is 7.88. The molecule has 4 heterocycles. The van der Waals surface area contributed by atoms with Gasteiger partial charge in [-0.05, 0) is 32.9 Å². The number of fused-ring (bicyclic) bond motifs is 1. The first-order valence-corrected chi connectivity index (χ1v) is 12.0. The van der Waals surface area contributed by atoms with Crippen molar-refractivity contribution >= 4 is 27.0 Å². The molecule has 2 aliphatic heterocycles. The summed E-state index contributed by atoms with van der Waals surface area (Å²) in [4.78, 5) is 10.9. The molecule has 0 amide bonds. The minimum absolute atomic E-state index is 0.187. The van der Waals surface area contributed by atoms with E-state index < -0.39 is 28.4 Å². The Bertz CT molecular complexity index is 1030. The van der Waals surface area contributed by atoms with Crippen molar-refractivity contribution in [3.8, 4) is 0 Å². The van der Waals surface area contributed by atoms with Crippen molar-refractivity contribution in [2.24, 2.45) is 0 Å². The van der Waals surface area contributed by atoms with Crippen molar-refractivity contribution in [3.63, 3.8) is 0 Å². The number of aryl methyl sites for hydroxylation is 1. The van der Waals surface area contributed by atoms with Gasteiger partial charge in [0.25, 0.3) is 0 Å². The Morgan fingerprint density at radius 3 is 2.60 bits per heavy atom. The van der Waals surface area contributed by atoms with Gasteiger partial charge in [0, 0.05) is 43.5 Å². The maximum Gasteiger partial charge on any atom is 0.224 e. The zero-order valence-electron chi connectivity index (χ0n) is 17.4. The molecule has 8 nitrogen and oxygen atoms in total. The predicted octanol–water partition coefficient (Wildman–Crippen LogP) is 1.74. The summed E-state index contributed by atoms with van der Waals surface area (Å²) in [5.41, 5.74) is 1.55. The lowest BCUT2D eigenvalue weighted by molar-refractivity contribution is 0.108. The fraction of sp³-hybridized carbons (Fsp3) is 0.684. The van der Waals surface area contributed by atoms with Crippen molar-refractivity contribution < 1.29 is 17.2 Å². The van der Waals surface area contributed by atoms with E-state index in [-0.39, 0.29) is 25.1 Å². The number of hydrogen-bond acceptors (Lipinski definition) is 6. The first kappa shape index (κ1) is 21.4. The summed E-state index contributed by atoms with van der Waals surface area (Å²) in [6, 6.07) is 1.06. The Hall–Kier alpha value is -1.85. The highest BCUT2D eigenvalue weighted by Crippen LogP contribution is 2.31. The SMILES string of the molecule is Cc1cc2cnc(N[C@@H]3CCN(S(C)(=O)=O)C[C@H]3F)nc2n1[C@@H]1CCN(C)C[C@@H]1F. The van der Waals surface area contributed by atoms with Crippen LogP contribution in [-0.2, 0) is 10.0 Å². The van der Waals surface area contributed by atoms with E-state index in [1.165, 1.54) is 0 Å². The molecule has 2 aliphatic rings. The zero-order chi connectivity index (χ0) is 21.6. The summed E-state index contributed by atoms with van der Waals surface area (Å²) in [6.45, 7) is 3.17. The van der Waals surface area contributed by atoms with Crippen LogP contribution in [0, 0.1) is 6.92 Å². The molecule has 0 radical (unpaired) electrons. The van der Waals surface area contributed by atoms with E-state index in [1.54, 1.807) is 6.20 Å². The molecule has 2 saturated heterocycles. The van der Waals surface area contributed by atoms with Crippen molar-refractivity contribution in [1.29, 1.82) is 0 Å². The monoisotopic (exact) mass is 442 g/mol. The molecule has 2 fully saturated rings. The van der Waals surface area contributed by atoms with Gasteiger partial charge >= 0.3 is 0 Å². The van der Waals surface area contributed by atoms with Gasteiger partial charge in [-0.25, -0.2) is 22.2 Å². The molecule has 4 rings (SSSR count). The summed E-state index contributed by atoms with van der Waals surface area (Å²) in [7, 11) is -1.50. The average molecular weight is 443 g/mol. The molecule has 0 spiro atoms. The van der Waals surface area contributed by atoms with Gasteiger partial charge in [-0.15, -0.1) is 0 Å². The molecule has 2 aromatic rings. The van der Waals surface area contributed by atoms with E-state index in [0.29, 0.717) is 25.0 Å². The van der Waals surface area contributed by atoms with Gasteiger partial charge in [0.05, 0.1) is 18.3 Å². The van der Waals surface area contributed by atoms with Crippen LogP contribution in [0.2, 0.25) is 0 Å². The van der Waals surface area contributed by atoms with Crippen LogP contribution >= 0.6 is 0 Å². The lowest BCUT2D eigenvalue weighted by atomic mass is 10.0. The van der Waals surface area contributed by atoms with Crippen LogP contribution < -0.4 is 5.32 Å². The molecular weight excluding hydrogens is 414 g/mol. The Morgan fingerprint density at radius 2 is 1.93 bits per heavy atom. The Morgan fingerprint density at radius 1 is 1.17 bits per heavy atom. The van der Waals surface area contributed by atoms with Gasteiger partial charge in [-0.2, -0.15) is 9.29 Å². The third kappa shape index (κ3) is 4.15. The standard InChI is InChI=1S/C19H28F2N6O2S/c1-12-8-13-9-22-19(23-16-4-7-26(11-14(16)20)30(3,28)29)24-18(13)27(12)17-5-6-25(2)10-15(17)21/h8-9,14-17H,4-7,10-11H2,1-3H3,(H,22,23,24)/t14-,15+,16-,17-/m1/s1. The third-order valence-electron chi connectivity index (χ3n) is 6.10. The third-order valence-corrected chi connectivity index (χ3v) is 7.37. The number of nitrogens with zero attached hydrogens (tertiary/aromatic N) is 5. The molecule has 0 bridgehead atoms. The van der Waals surface area contributed by atoms with Crippen LogP contribution in [0.15, 0.2) is 12.3 Å². The first-order chi connectivity index (χ1) is 14.1. The first-order valence-electron chi connectivity index (χ1n) is 10.2. The van der Waals surface area contributed by atoms with Crippen LogP contribution in [0.5, 0.6) is 0 Å². The van der Waals surface area contributed by atoms with E-state index >= 15 is 0 Å². The molecular formula is C19H28F2N6O2S. The number of piperidine rings is 2. The van der Waals surface area contributed by atoms with Gasteiger partial charge < -0.3 is 14.8 Å². The summed E-state index contributed by atoms with van der Waals surface area (Å²) in [5, 5.41) is 3.83. The summed E-state index contributed by atoms with van der Waals surface area (Å²) in [6.07, 6.45) is 1.38. The van der Waals surface area contributed by atoms with Crippen LogP contribution in [0.3, 0.4) is 0 Å². The van der Waals surface area contributed by atoms with Crippen LogP contribution in [0.25, 0.3) is 11.0 Å². The van der Waals surface area contributed by atoms with Crippen LogP contribution in [-0.4, -0.2) is 90.0 Å². The highest BCUT2D eigenvalue weighted by atomic mass is 32.2. The lowest BCUT2D eigenvalue weighted by Crippen LogP contribution is -2.49. The number of hydrogen-bond donors (Lipinski definition) is 1. The maximum atomic E-state index is 14.8. The van der Waals surface area contributed by atoms with Gasteiger partial charge in [0.15, 0.2) is 0 Å². The number of nitrogens with one attached hydrogen (secondary N) is 1. The molecule has 11 heteroatoms. The van der Waals surface area contributed by atoms with Crippen molar-refractivity contribution in [1.82, 2.24) is 23.7 Å². The Labute approximate surface area is 175 Å². The van der Waals surface area contributed by atoms with Crippen molar-refractivity contribution in [3.05, 3.63) is 18.0 Å². The fourth-order valence-electron chi connectivity index (χ4n) is 4.47. The number of alkyl halides is 2. The number of sulfonamides is 1. The van der Waals surface area contributed by atoms with Crippen LogP contribution in [0.1, 0.15) is 24.6 Å². The minimum Gasteiger partial charge on any atom is -0.348 e. The molecule has 0 unspecified atom stereocenters. The van der Waals surface area contributed by atoms with E-state index in [4.69, 9.17) is 0 Å². The molecule has 0 aliphatic carbocycles. The number of halogens is 2. The fourth-order valence-corrected chi connectivity index (χ4v) is 5.32. The van der Waals surface area contributed by atoms with Crippen molar-refractivity contribution in [2.75, 3.05) is 44.8 Å². The van der Waals surface area contributed by atoms with E-state index in [9.17, 15) is 17.2 Å². The van der Waals surface area contributed by atoms with Gasteiger partial charge in [0.2, 0.25) is 16.0 Å². The second kappa shape index (κ2) is 8.01. The normalized spacial score (nSPS) is 29.4. The lowest BCUT2D eigenvalue weighted by Gasteiger charge is -2.34. The molecule has 2 aromatic heterocycles. The number of rotatable bonds is 4. The largest absolute Gasteiger partial charge is 0.348 e.